The van der Waals surface area contributed by atoms with E-state index in [4.69, 9.17) is 5.73 Å². The third kappa shape index (κ3) is 2.49. The largest absolute Gasteiger partial charge is 0.384 e. The highest BCUT2D eigenvalue weighted by molar-refractivity contribution is 5.85. The summed E-state index contributed by atoms with van der Waals surface area (Å²) in [4.78, 5) is 17.9. The molecule has 5 heteroatoms. The first-order chi connectivity index (χ1) is 8.22. The molecule has 5 nitrogen and oxygen atoms in total. The SMILES string of the molecule is CNC(=O)C1CCCCN1c1ccnc(N)c1. The van der Waals surface area contributed by atoms with Crippen LogP contribution in [0.15, 0.2) is 18.3 Å². The average molecular weight is 234 g/mol. The van der Waals surface area contributed by atoms with Crippen LogP contribution < -0.4 is 16.0 Å². The van der Waals surface area contributed by atoms with Crippen molar-refractivity contribution in [1.29, 1.82) is 0 Å². The van der Waals surface area contributed by atoms with Gasteiger partial charge in [0.2, 0.25) is 5.91 Å². The highest BCUT2D eigenvalue weighted by Gasteiger charge is 2.28. The second-order valence-electron chi connectivity index (χ2n) is 4.26. The van der Waals surface area contributed by atoms with E-state index in [-0.39, 0.29) is 11.9 Å². The summed E-state index contributed by atoms with van der Waals surface area (Å²) in [5.41, 5.74) is 6.66. The Morgan fingerprint density at radius 2 is 2.41 bits per heavy atom. The summed E-state index contributed by atoms with van der Waals surface area (Å²) >= 11 is 0. The highest BCUT2D eigenvalue weighted by Crippen LogP contribution is 2.25. The lowest BCUT2D eigenvalue weighted by Crippen LogP contribution is -2.48. The molecular weight excluding hydrogens is 216 g/mol. The number of nitrogens with one attached hydrogen (secondary N) is 1. The predicted molar refractivity (Wildman–Crippen MR) is 67.7 cm³/mol. The van der Waals surface area contributed by atoms with Crippen LogP contribution in [-0.4, -0.2) is 30.5 Å². The maximum atomic E-state index is 11.8. The van der Waals surface area contributed by atoms with Crippen molar-refractivity contribution < 1.29 is 4.79 Å². The van der Waals surface area contributed by atoms with Crippen molar-refractivity contribution in [3.63, 3.8) is 0 Å². The quantitative estimate of drug-likeness (QED) is 0.793. The second-order valence-corrected chi connectivity index (χ2v) is 4.26. The molecule has 2 heterocycles. The van der Waals surface area contributed by atoms with Crippen molar-refractivity contribution in [3.8, 4) is 0 Å². The summed E-state index contributed by atoms with van der Waals surface area (Å²) in [7, 11) is 1.68. The molecule has 92 valence electrons. The molecule has 1 unspecified atom stereocenters. The van der Waals surface area contributed by atoms with E-state index in [9.17, 15) is 4.79 Å². The Morgan fingerprint density at radius 1 is 1.59 bits per heavy atom. The molecule has 2 rings (SSSR count). The van der Waals surface area contributed by atoms with Crippen LogP contribution in [-0.2, 0) is 4.79 Å². The number of nitrogens with zero attached hydrogens (tertiary/aromatic N) is 2. The number of hydrogen-bond acceptors (Lipinski definition) is 4. The van der Waals surface area contributed by atoms with E-state index < -0.39 is 0 Å². The van der Waals surface area contributed by atoms with Gasteiger partial charge >= 0.3 is 0 Å². The molecule has 1 atom stereocenters. The van der Waals surface area contributed by atoms with Crippen LogP contribution in [0.4, 0.5) is 11.5 Å². The van der Waals surface area contributed by atoms with Gasteiger partial charge in [0.1, 0.15) is 11.9 Å². The summed E-state index contributed by atoms with van der Waals surface area (Å²) in [6, 6.07) is 3.63. The number of hydrogen-bond donors (Lipinski definition) is 2. The maximum Gasteiger partial charge on any atom is 0.242 e. The molecule has 1 saturated heterocycles. The van der Waals surface area contributed by atoms with Gasteiger partial charge in [0, 0.05) is 31.5 Å². The van der Waals surface area contributed by atoms with Crippen LogP contribution in [0.3, 0.4) is 0 Å². The number of aromatic nitrogens is 1. The Morgan fingerprint density at radius 3 is 3.12 bits per heavy atom. The van der Waals surface area contributed by atoms with Gasteiger partial charge < -0.3 is 16.0 Å². The Labute approximate surface area is 101 Å². The van der Waals surface area contributed by atoms with E-state index in [2.05, 4.69) is 15.2 Å². The number of nitrogen functional groups attached to an aromatic ring is 1. The van der Waals surface area contributed by atoms with Gasteiger partial charge in [0.15, 0.2) is 0 Å². The molecule has 0 saturated carbocycles. The lowest BCUT2D eigenvalue weighted by molar-refractivity contribution is -0.122. The van der Waals surface area contributed by atoms with Gasteiger partial charge in [0.05, 0.1) is 0 Å². The molecule has 0 spiro atoms. The average Bonchev–Trinajstić information content (AvgIpc) is 2.38. The van der Waals surface area contributed by atoms with Crippen LogP contribution in [0.25, 0.3) is 0 Å². The minimum atomic E-state index is -0.0875. The molecule has 1 aromatic rings. The van der Waals surface area contributed by atoms with E-state index in [1.165, 1.54) is 0 Å². The number of rotatable bonds is 2. The lowest BCUT2D eigenvalue weighted by atomic mass is 10.0. The molecule has 1 aliphatic heterocycles. The standard InChI is InChI=1S/C12H18N4O/c1-14-12(17)10-4-2-3-7-16(10)9-5-6-15-11(13)8-9/h5-6,8,10H,2-4,7H2,1H3,(H2,13,15)(H,14,17). The van der Waals surface area contributed by atoms with Crippen LogP contribution in [0.2, 0.25) is 0 Å². The zero-order chi connectivity index (χ0) is 12.3. The van der Waals surface area contributed by atoms with Gasteiger partial charge in [-0.3, -0.25) is 4.79 Å². The number of amides is 1. The molecular formula is C12H18N4O. The van der Waals surface area contributed by atoms with E-state index in [0.29, 0.717) is 5.82 Å². The number of carbonyl (C=O) groups is 1. The van der Waals surface area contributed by atoms with Gasteiger partial charge in [0.25, 0.3) is 0 Å². The molecule has 1 aliphatic rings. The molecule has 1 fully saturated rings. The van der Waals surface area contributed by atoms with Gasteiger partial charge in [-0.2, -0.15) is 0 Å². The number of piperidine rings is 1. The Balaban J connectivity index is 2.24. The maximum absolute atomic E-state index is 11.8. The van der Waals surface area contributed by atoms with Gasteiger partial charge in [-0.1, -0.05) is 0 Å². The third-order valence-electron chi connectivity index (χ3n) is 3.15. The number of pyridine rings is 1. The highest BCUT2D eigenvalue weighted by atomic mass is 16.2. The monoisotopic (exact) mass is 234 g/mol. The third-order valence-corrected chi connectivity index (χ3v) is 3.15. The normalized spacial score (nSPS) is 20.1. The van der Waals surface area contributed by atoms with Crippen molar-refractivity contribution in [3.05, 3.63) is 18.3 Å². The molecule has 1 aromatic heterocycles. The summed E-state index contributed by atoms with van der Waals surface area (Å²) in [5.74, 6) is 0.559. The fraction of sp³-hybridized carbons (Fsp3) is 0.500. The second kappa shape index (κ2) is 5.03. The first-order valence-corrected chi connectivity index (χ1v) is 5.92. The molecule has 17 heavy (non-hydrogen) atoms. The molecule has 3 N–H and O–H groups in total. The van der Waals surface area contributed by atoms with Crippen molar-refractivity contribution in [1.82, 2.24) is 10.3 Å². The van der Waals surface area contributed by atoms with Gasteiger partial charge in [-0.05, 0) is 25.3 Å². The van der Waals surface area contributed by atoms with E-state index in [1.807, 2.05) is 12.1 Å². The number of nitrogens with two attached hydrogens (primary N) is 1. The minimum absolute atomic E-state index is 0.0695. The minimum Gasteiger partial charge on any atom is -0.384 e. The first-order valence-electron chi connectivity index (χ1n) is 5.92. The van der Waals surface area contributed by atoms with Crippen LogP contribution in [0.5, 0.6) is 0 Å². The number of likely N-dealkylation sites (N-methyl/N-ethyl adjacent to an activating group) is 1. The summed E-state index contributed by atoms with van der Waals surface area (Å²) in [6.45, 7) is 0.890. The lowest BCUT2D eigenvalue weighted by Gasteiger charge is -2.36. The number of anilines is 2. The van der Waals surface area contributed by atoms with Crippen molar-refractivity contribution in [2.45, 2.75) is 25.3 Å². The molecule has 0 aliphatic carbocycles. The van der Waals surface area contributed by atoms with Crippen LogP contribution in [0.1, 0.15) is 19.3 Å². The molecule has 0 aromatic carbocycles. The van der Waals surface area contributed by atoms with Crippen molar-refractivity contribution >= 4 is 17.4 Å². The smallest absolute Gasteiger partial charge is 0.242 e. The zero-order valence-corrected chi connectivity index (χ0v) is 10.0. The summed E-state index contributed by atoms with van der Waals surface area (Å²) in [5, 5.41) is 2.72. The molecule has 0 bridgehead atoms. The van der Waals surface area contributed by atoms with Gasteiger partial charge in [-0.15, -0.1) is 0 Å². The predicted octanol–water partition coefficient (Wildman–Crippen LogP) is 0.769. The van der Waals surface area contributed by atoms with Crippen molar-refractivity contribution in [2.75, 3.05) is 24.2 Å². The van der Waals surface area contributed by atoms with Crippen LogP contribution in [0, 0.1) is 0 Å². The molecule has 1 amide bonds. The van der Waals surface area contributed by atoms with Gasteiger partial charge in [-0.25, -0.2) is 4.98 Å². The van der Waals surface area contributed by atoms with E-state index >= 15 is 0 Å². The summed E-state index contributed by atoms with van der Waals surface area (Å²) < 4.78 is 0. The van der Waals surface area contributed by atoms with Crippen molar-refractivity contribution in [2.24, 2.45) is 0 Å². The fourth-order valence-corrected chi connectivity index (χ4v) is 2.30. The summed E-state index contributed by atoms with van der Waals surface area (Å²) in [6.07, 6.45) is 4.77. The number of carbonyl (C=O) groups excluding carboxylic acids is 1. The Bertz CT molecular complexity index is 407. The first kappa shape index (κ1) is 11.7. The zero-order valence-electron chi connectivity index (χ0n) is 10.0. The fourth-order valence-electron chi connectivity index (χ4n) is 2.30. The molecule has 0 radical (unpaired) electrons. The van der Waals surface area contributed by atoms with E-state index in [1.54, 1.807) is 13.2 Å². The topological polar surface area (TPSA) is 71.2 Å². The van der Waals surface area contributed by atoms with Crippen LogP contribution >= 0.6 is 0 Å². The van der Waals surface area contributed by atoms with E-state index in [0.717, 1.165) is 31.5 Å². The Hall–Kier alpha value is -1.78. The Kier molecular flexibility index (Phi) is 3.46.